The summed E-state index contributed by atoms with van der Waals surface area (Å²) in [4.78, 5) is 0. The Kier molecular flexibility index (Phi) is 2.10. The van der Waals surface area contributed by atoms with Gasteiger partial charge in [0.25, 0.3) is 0 Å². The molecule has 3 rings (SSSR count). The molecule has 0 amide bonds. The Bertz CT molecular complexity index is 448. The van der Waals surface area contributed by atoms with Gasteiger partial charge in [-0.05, 0) is 73.3 Å². The van der Waals surface area contributed by atoms with Gasteiger partial charge < -0.3 is 5.73 Å². The van der Waals surface area contributed by atoms with E-state index in [-0.39, 0.29) is 0 Å². The number of nitrogens with two attached hydrogens (primary N) is 1. The molecule has 1 aromatic carbocycles. The van der Waals surface area contributed by atoms with Gasteiger partial charge in [-0.2, -0.15) is 0 Å². The molecule has 2 N–H and O–H groups in total. The van der Waals surface area contributed by atoms with Gasteiger partial charge in [0.1, 0.15) is 0 Å². The van der Waals surface area contributed by atoms with Crippen LogP contribution in [0, 0.1) is 0 Å². The van der Waals surface area contributed by atoms with Gasteiger partial charge in [-0.1, -0.05) is 12.2 Å². The summed E-state index contributed by atoms with van der Waals surface area (Å²) in [6, 6.07) is 0. The Labute approximate surface area is 97.4 Å². The van der Waals surface area contributed by atoms with Gasteiger partial charge in [0.2, 0.25) is 0 Å². The van der Waals surface area contributed by atoms with Crippen molar-refractivity contribution in [3.63, 3.8) is 0 Å². The molecule has 0 unspecified atom stereocenters. The second-order valence-electron chi connectivity index (χ2n) is 5.19. The fourth-order valence-electron chi connectivity index (χ4n) is 3.51. The molecule has 0 aromatic heterocycles. The van der Waals surface area contributed by atoms with Crippen molar-refractivity contribution in [3.8, 4) is 0 Å². The van der Waals surface area contributed by atoms with E-state index in [2.05, 4.69) is 13.5 Å². The summed E-state index contributed by atoms with van der Waals surface area (Å²) in [5, 5.41) is 0. The number of allylic oxidation sites excluding steroid dienone is 1. The van der Waals surface area contributed by atoms with E-state index < -0.39 is 0 Å². The molecule has 1 heteroatoms. The van der Waals surface area contributed by atoms with Gasteiger partial charge in [0.15, 0.2) is 0 Å². The van der Waals surface area contributed by atoms with Crippen molar-refractivity contribution in [2.24, 2.45) is 0 Å². The normalized spacial score (nSPS) is 17.3. The van der Waals surface area contributed by atoms with Gasteiger partial charge >= 0.3 is 0 Å². The first-order chi connectivity index (χ1) is 7.70. The van der Waals surface area contributed by atoms with Crippen LogP contribution in [0.25, 0.3) is 5.57 Å². The van der Waals surface area contributed by atoms with Gasteiger partial charge in [0.05, 0.1) is 0 Å². The van der Waals surface area contributed by atoms with E-state index in [9.17, 15) is 0 Å². The summed E-state index contributed by atoms with van der Waals surface area (Å²) in [5.41, 5.74) is 16.1. The van der Waals surface area contributed by atoms with Gasteiger partial charge in [-0.15, -0.1) is 0 Å². The Morgan fingerprint density at radius 2 is 1.38 bits per heavy atom. The van der Waals surface area contributed by atoms with Crippen LogP contribution in [0.1, 0.15) is 47.6 Å². The molecular formula is C15H19N. The van der Waals surface area contributed by atoms with Crippen LogP contribution in [0.4, 0.5) is 5.69 Å². The maximum Gasteiger partial charge on any atom is 0.0385 e. The number of fused-ring (bicyclic) bond motifs is 2. The first-order valence-corrected chi connectivity index (χ1v) is 6.31. The summed E-state index contributed by atoms with van der Waals surface area (Å²) in [7, 11) is 0. The predicted molar refractivity (Wildman–Crippen MR) is 69.6 cm³/mol. The molecule has 0 bridgehead atoms. The molecule has 2 aliphatic carbocycles. The number of benzene rings is 1. The quantitative estimate of drug-likeness (QED) is 0.712. The van der Waals surface area contributed by atoms with Gasteiger partial charge in [-0.25, -0.2) is 0 Å². The van der Waals surface area contributed by atoms with Crippen LogP contribution in [0.15, 0.2) is 6.58 Å². The predicted octanol–water partition coefficient (Wildman–Crippen LogP) is 3.28. The molecule has 0 radical (unpaired) electrons. The molecule has 0 heterocycles. The zero-order valence-electron chi connectivity index (χ0n) is 10.0. The van der Waals surface area contributed by atoms with Crippen molar-refractivity contribution in [3.05, 3.63) is 34.4 Å². The monoisotopic (exact) mass is 213 g/mol. The highest BCUT2D eigenvalue weighted by molar-refractivity contribution is 5.77. The fourth-order valence-corrected chi connectivity index (χ4v) is 3.51. The summed E-state index contributed by atoms with van der Waals surface area (Å²) >= 11 is 0. The Balaban J connectivity index is 2.36. The van der Waals surface area contributed by atoms with E-state index in [0.717, 1.165) is 5.69 Å². The molecule has 0 aliphatic heterocycles. The largest absolute Gasteiger partial charge is 0.398 e. The SMILES string of the molecule is C=C(C)c1c2c(c(N)c3c1CCC3)CCC2. The van der Waals surface area contributed by atoms with E-state index in [1.165, 1.54) is 71.9 Å². The van der Waals surface area contributed by atoms with Crippen LogP contribution in [-0.4, -0.2) is 0 Å². The zero-order chi connectivity index (χ0) is 11.3. The standard InChI is InChI=1S/C15H19N/c1-9(2)14-10-5-3-7-12(10)15(16)13-8-4-6-11(13)14/h1,3-8,16H2,2H3. The molecule has 2 aliphatic rings. The molecule has 0 fully saturated rings. The van der Waals surface area contributed by atoms with Crippen LogP contribution in [0.3, 0.4) is 0 Å². The molecule has 1 aromatic rings. The van der Waals surface area contributed by atoms with Crippen molar-refractivity contribution in [1.29, 1.82) is 0 Å². The van der Waals surface area contributed by atoms with E-state index in [4.69, 9.17) is 5.73 Å². The summed E-state index contributed by atoms with van der Waals surface area (Å²) in [6.07, 6.45) is 7.29. The van der Waals surface area contributed by atoms with Crippen molar-refractivity contribution in [2.75, 3.05) is 5.73 Å². The van der Waals surface area contributed by atoms with Crippen molar-refractivity contribution < 1.29 is 0 Å². The highest BCUT2D eigenvalue weighted by Crippen LogP contribution is 2.42. The molecule has 16 heavy (non-hydrogen) atoms. The number of hydrogen-bond donors (Lipinski definition) is 1. The minimum atomic E-state index is 1.12. The van der Waals surface area contributed by atoms with Crippen molar-refractivity contribution in [1.82, 2.24) is 0 Å². The lowest BCUT2D eigenvalue weighted by molar-refractivity contribution is 0.897. The zero-order valence-corrected chi connectivity index (χ0v) is 10.0. The minimum absolute atomic E-state index is 1.12. The average molecular weight is 213 g/mol. The lowest BCUT2D eigenvalue weighted by atomic mass is 9.89. The van der Waals surface area contributed by atoms with Crippen LogP contribution in [-0.2, 0) is 25.7 Å². The number of anilines is 1. The second-order valence-corrected chi connectivity index (χ2v) is 5.19. The Hall–Kier alpha value is -1.24. The summed E-state index contributed by atoms with van der Waals surface area (Å²) < 4.78 is 0. The number of rotatable bonds is 1. The molecule has 1 nitrogen and oxygen atoms in total. The van der Waals surface area contributed by atoms with Crippen LogP contribution >= 0.6 is 0 Å². The fraction of sp³-hybridized carbons (Fsp3) is 0.467. The van der Waals surface area contributed by atoms with E-state index >= 15 is 0 Å². The molecule has 0 spiro atoms. The molecule has 0 saturated carbocycles. The Morgan fingerprint density at radius 1 is 0.938 bits per heavy atom. The highest BCUT2D eigenvalue weighted by atomic mass is 14.6. The van der Waals surface area contributed by atoms with Crippen LogP contribution in [0.2, 0.25) is 0 Å². The molecular weight excluding hydrogens is 194 g/mol. The van der Waals surface area contributed by atoms with Crippen LogP contribution < -0.4 is 5.73 Å². The summed E-state index contributed by atoms with van der Waals surface area (Å²) in [5.74, 6) is 0. The smallest absolute Gasteiger partial charge is 0.0385 e. The first kappa shape index (κ1) is 9.95. The second kappa shape index (κ2) is 3.38. The van der Waals surface area contributed by atoms with Crippen LogP contribution in [0.5, 0.6) is 0 Å². The average Bonchev–Trinajstić information content (AvgIpc) is 2.84. The van der Waals surface area contributed by atoms with Crippen molar-refractivity contribution in [2.45, 2.75) is 45.4 Å². The highest BCUT2D eigenvalue weighted by Gasteiger charge is 2.27. The van der Waals surface area contributed by atoms with E-state index in [1.807, 2.05) is 0 Å². The molecule has 0 saturated heterocycles. The summed E-state index contributed by atoms with van der Waals surface area (Å²) in [6.45, 7) is 6.31. The lowest BCUT2D eigenvalue weighted by Gasteiger charge is -2.17. The van der Waals surface area contributed by atoms with Gasteiger partial charge in [0, 0.05) is 5.69 Å². The van der Waals surface area contributed by atoms with Gasteiger partial charge in [-0.3, -0.25) is 0 Å². The molecule has 84 valence electrons. The number of hydrogen-bond acceptors (Lipinski definition) is 1. The third-order valence-electron chi connectivity index (χ3n) is 4.12. The molecule has 0 atom stereocenters. The van der Waals surface area contributed by atoms with E-state index in [0.29, 0.717) is 0 Å². The number of nitrogen functional groups attached to an aromatic ring is 1. The third kappa shape index (κ3) is 1.17. The lowest BCUT2D eigenvalue weighted by Crippen LogP contribution is -2.04. The maximum atomic E-state index is 6.33. The maximum absolute atomic E-state index is 6.33. The minimum Gasteiger partial charge on any atom is -0.398 e. The first-order valence-electron chi connectivity index (χ1n) is 6.31. The van der Waals surface area contributed by atoms with E-state index in [1.54, 1.807) is 0 Å². The van der Waals surface area contributed by atoms with Crippen molar-refractivity contribution >= 4 is 11.3 Å². The third-order valence-corrected chi connectivity index (χ3v) is 4.12. The Morgan fingerprint density at radius 3 is 1.81 bits per heavy atom. The topological polar surface area (TPSA) is 26.0 Å².